The van der Waals surface area contributed by atoms with E-state index >= 15 is 0 Å². The molecule has 0 N–H and O–H groups in total. The van der Waals surface area contributed by atoms with Crippen LogP contribution in [0.15, 0.2) is 21.5 Å². The number of ether oxygens (including phenoxy) is 3. The molecule has 1 saturated heterocycles. The van der Waals surface area contributed by atoms with Gasteiger partial charge in [-0.25, -0.2) is 4.79 Å². The number of hydrogen-bond acceptors (Lipinski definition) is 7. The molecular weight excluding hydrogens is 438 g/mol. The number of methoxy groups -OCH3 is 2. The summed E-state index contributed by atoms with van der Waals surface area (Å²) in [5.74, 6) is -0.0742. The molecule has 1 heterocycles. The molecule has 9 heteroatoms. The third-order valence-corrected chi connectivity index (χ3v) is 5.35. The summed E-state index contributed by atoms with van der Waals surface area (Å²) in [7, 11) is 2.74. The lowest BCUT2D eigenvalue weighted by molar-refractivity contribution is -0.142. The number of halogens is 1. The number of benzene rings is 1. The molecule has 0 aliphatic carbocycles. The lowest BCUT2D eigenvalue weighted by Crippen LogP contribution is -2.29. The number of amides is 2. The average Bonchev–Trinajstić information content (AvgIpc) is 2.92. The molecule has 0 unspecified atom stereocenters. The second kappa shape index (κ2) is 9.80. The first-order valence-electron chi connectivity index (χ1n) is 8.23. The van der Waals surface area contributed by atoms with E-state index < -0.39 is 5.97 Å². The summed E-state index contributed by atoms with van der Waals surface area (Å²) in [6.07, 6.45) is 3.30. The highest BCUT2D eigenvalue weighted by molar-refractivity contribution is 9.10. The van der Waals surface area contributed by atoms with Crippen LogP contribution in [0.1, 0.15) is 25.3 Å². The molecule has 1 aliphatic rings. The van der Waals surface area contributed by atoms with Gasteiger partial charge in [-0.1, -0.05) is 29.3 Å². The van der Waals surface area contributed by atoms with E-state index in [2.05, 4.69) is 20.7 Å². The maximum Gasteiger partial charge on any atom is 0.343 e. The first kappa shape index (κ1) is 21.3. The van der Waals surface area contributed by atoms with E-state index in [9.17, 15) is 14.4 Å². The monoisotopic (exact) mass is 457 g/mol. The molecule has 2 rings (SSSR count). The smallest absolute Gasteiger partial charge is 0.343 e. The van der Waals surface area contributed by atoms with Gasteiger partial charge >= 0.3 is 5.97 Å². The van der Waals surface area contributed by atoms with Crippen molar-refractivity contribution < 1.29 is 28.6 Å². The summed E-state index contributed by atoms with van der Waals surface area (Å²) in [5.41, 5.74) is 0.651. The Morgan fingerprint density at radius 3 is 2.63 bits per heavy atom. The number of rotatable bonds is 8. The molecule has 0 atom stereocenters. The Balaban J connectivity index is 2.26. The van der Waals surface area contributed by atoms with Gasteiger partial charge in [-0.05, 0) is 42.0 Å². The van der Waals surface area contributed by atoms with E-state index in [0.29, 0.717) is 33.0 Å². The highest BCUT2D eigenvalue weighted by atomic mass is 79.9. The van der Waals surface area contributed by atoms with Gasteiger partial charge in [0.25, 0.3) is 11.1 Å². The molecule has 1 fully saturated rings. The van der Waals surface area contributed by atoms with Crippen LogP contribution in [0.3, 0.4) is 0 Å². The highest BCUT2D eigenvalue weighted by Crippen LogP contribution is 2.38. The van der Waals surface area contributed by atoms with Crippen molar-refractivity contribution in [1.82, 2.24) is 4.90 Å². The number of unbranched alkanes of at least 4 members (excludes halogenated alkanes) is 1. The second-order valence-electron chi connectivity index (χ2n) is 5.58. The number of thioether (sulfide) groups is 1. The summed E-state index contributed by atoms with van der Waals surface area (Å²) < 4.78 is 15.9. The van der Waals surface area contributed by atoms with Crippen LogP contribution in [0.4, 0.5) is 4.79 Å². The maximum atomic E-state index is 12.5. The van der Waals surface area contributed by atoms with Crippen LogP contribution in [-0.4, -0.2) is 49.4 Å². The minimum absolute atomic E-state index is 0.255. The van der Waals surface area contributed by atoms with Crippen molar-refractivity contribution >= 4 is 50.9 Å². The molecule has 0 spiro atoms. The molecule has 0 aromatic heterocycles. The average molecular weight is 458 g/mol. The third kappa shape index (κ3) is 5.26. The molecule has 0 saturated carbocycles. The zero-order chi connectivity index (χ0) is 20.0. The van der Waals surface area contributed by atoms with Crippen LogP contribution >= 0.6 is 27.7 Å². The van der Waals surface area contributed by atoms with Crippen molar-refractivity contribution in [2.75, 3.05) is 27.4 Å². The van der Waals surface area contributed by atoms with Gasteiger partial charge in [0, 0.05) is 11.0 Å². The predicted octanol–water partition coefficient (Wildman–Crippen LogP) is 3.85. The number of carbonyl (C=O) groups excluding carboxylic acids is 3. The number of hydrogen-bond donors (Lipinski definition) is 0. The Hall–Kier alpha value is -2.00. The Morgan fingerprint density at radius 2 is 2.00 bits per heavy atom. The van der Waals surface area contributed by atoms with Gasteiger partial charge in [0.15, 0.2) is 18.1 Å². The normalized spacial score (nSPS) is 15.4. The van der Waals surface area contributed by atoms with Crippen LogP contribution < -0.4 is 9.47 Å². The van der Waals surface area contributed by atoms with Crippen molar-refractivity contribution in [3.05, 3.63) is 27.1 Å². The van der Waals surface area contributed by atoms with Crippen molar-refractivity contribution in [3.63, 3.8) is 0 Å². The van der Waals surface area contributed by atoms with Crippen LogP contribution in [0.2, 0.25) is 0 Å². The minimum atomic E-state index is -0.516. The Labute approximate surface area is 170 Å². The molecule has 0 radical (unpaired) electrons. The zero-order valence-electron chi connectivity index (χ0n) is 15.2. The van der Waals surface area contributed by atoms with Gasteiger partial charge in [-0.15, -0.1) is 0 Å². The lowest BCUT2D eigenvalue weighted by atomic mass is 10.1. The van der Waals surface area contributed by atoms with Gasteiger partial charge in [-0.3, -0.25) is 14.5 Å². The largest absolute Gasteiger partial charge is 0.493 e. The minimum Gasteiger partial charge on any atom is -0.493 e. The van der Waals surface area contributed by atoms with Crippen LogP contribution in [-0.2, 0) is 14.3 Å². The van der Waals surface area contributed by atoms with E-state index in [0.717, 1.165) is 24.6 Å². The fourth-order valence-electron chi connectivity index (χ4n) is 2.28. The standard InChI is InChI=1S/C18H20BrNO6S/c1-4-5-6-20-17(22)15(27-18(20)23)8-11-7-13(24-2)14(9-12(11)19)26-10-16(21)25-3/h7-9H,4-6,10H2,1-3H3. The van der Waals surface area contributed by atoms with Crippen LogP contribution in [0.25, 0.3) is 6.08 Å². The summed E-state index contributed by atoms with van der Waals surface area (Å²) in [6, 6.07) is 3.30. The van der Waals surface area contributed by atoms with Gasteiger partial charge < -0.3 is 14.2 Å². The molecule has 1 aromatic carbocycles. The number of carbonyl (C=O) groups is 3. The molecule has 2 amide bonds. The summed E-state index contributed by atoms with van der Waals surface area (Å²) in [6.45, 7) is 2.17. The fourth-order valence-corrected chi connectivity index (χ4v) is 3.57. The molecule has 7 nitrogen and oxygen atoms in total. The predicted molar refractivity (Wildman–Crippen MR) is 106 cm³/mol. The maximum absolute atomic E-state index is 12.5. The Kier molecular flexibility index (Phi) is 7.73. The highest BCUT2D eigenvalue weighted by Gasteiger charge is 2.34. The number of imide groups is 1. The summed E-state index contributed by atoms with van der Waals surface area (Å²) >= 11 is 4.33. The third-order valence-electron chi connectivity index (χ3n) is 3.75. The van der Waals surface area contributed by atoms with E-state index in [1.54, 1.807) is 18.2 Å². The van der Waals surface area contributed by atoms with Crippen LogP contribution in [0, 0.1) is 0 Å². The Morgan fingerprint density at radius 1 is 1.26 bits per heavy atom. The lowest BCUT2D eigenvalue weighted by Gasteiger charge is -2.12. The second-order valence-corrected chi connectivity index (χ2v) is 7.42. The first-order chi connectivity index (χ1) is 12.9. The van der Waals surface area contributed by atoms with Crippen molar-refractivity contribution in [1.29, 1.82) is 0 Å². The van der Waals surface area contributed by atoms with Crippen molar-refractivity contribution in [2.45, 2.75) is 19.8 Å². The van der Waals surface area contributed by atoms with E-state index in [1.807, 2.05) is 6.92 Å². The number of esters is 1. The summed E-state index contributed by atoms with van der Waals surface area (Å²) in [5, 5.41) is -0.263. The van der Waals surface area contributed by atoms with Gasteiger partial charge in [0.05, 0.1) is 19.1 Å². The molecular formula is C18H20BrNO6S. The molecule has 0 bridgehead atoms. The van der Waals surface area contributed by atoms with Crippen molar-refractivity contribution in [3.8, 4) is 11.5 Å². The first-order valence-corrected chi connectivity index (χ1v) is 9.84. The quantitative estimate of drug-likeness (QED) is 0.432. The molecule has 1 aromatic rings. The topological polar surface area (TPSA) is 82.1 Å². The van der Waals surface area contributed by atoms with Gasteiger partial charge in [0.1, 0.15) is 0 Å². The zero-order valence-corrected chi connectivity index (χ0v) is 17.6. The van der Waals surface area contributed by atoms with E-state index in [4.69, 9.17) is 9.47 Å². The molecule has 27 heavy (non-hydrogen) atoms. The molecule has 146 valence electrons. The van der Waals surface area contributed by atoms with Gasteiger partial charge in [-0.2, -0.15) is 0 Å². The van der Waals surface area contributed by atoms with Crippen LogP contribution in [0.5, 0.6) is 11.5 Å². The molecule has 1 aliphatic heterocycles. The Bertz CT molecular complexity index is 779. The fraction of sp³-hybridized carbons (Fsp3) is 0.389. The number of nitrogens with zero attached hydrogens (tertiary/aromatic N) is 1. The van der Waals surface area contributed by atoms with E-state index in [1.165, 1.54) is 19.1 Å². The van der Waals surface area contributed by atoms with Crippen molar-refractivity contribution in [2.24, 2.45) is 0 Å². The SMILES string of the molecule is CCCCN1C(=O)SC(=Cc2cc(OC)c(OCC(=O)OC)cc2Br)C1=O. The summed E-state index contributed by atoms with van der Waals surface area (Å²) in [4.78, 5) is 37.4. The van der Waals surface area contributed by atoms with Gasteiger partial charge in [0.2, 0.25) is 0 Å². The van der Waals surface area contributed by atoms with E-state index in [-0.39, 0.29) is 17.8 Å².